The molecule has 0 aromatic heterocycles. The first-order valence-electron chi connectivity index (χ1n) is 12.7. The molecule has 3 amide bonds. The predicted molar refractivity (Wildman–Crippen MR) is 151 cm³/mol. The van der Waals surface area contributed by atoms with E-state index in [1.54, 1.807) is 18.2 Å². The van der Waals surface area contributed by atoms with Crippen molar-refractivity contribution in [2.45, 2.75) is 34.1 Å². The number of hydrogen-bond donors (Lipinski definition) is 3. The van der Waals surface area contributed by atoms with Crippen LogP contribution in [-0.4, -0.2) is 38.1 Å². The Morgan fingerprint density at radius 2 is 0.897 bits per heavy atom. The highest BCUT2D eigenvalue weighted by Gasteiger charge is 2.34. The van der Waals surface area contributed by atoms with E-state index in [0.717, 1.165) is 16.7 Å². The molecule has 0 aliphatic heterocycles. The van der Waals surface area contributed by atoms with Crippen molar-refractivity contribution in [3.8, 4) is 0 Å². The highest BCUT2D eigenvalue weighted by Crippen LogP contribution is 2.25. The highest BCUT2D eigenvalue weighted by atomic mass is 16.6. The molecule has 3 N–H and O–H groups in total. The van der Waals surface area contributed by atoms with Crippen LogP contribution in [0.1, 0.15) is 30.0 Å². The van der Waals surface area contributed by atoms with Crippen molar-refractivity contribution in [3.05, 3.63) is 89.5 Å². The van der Waals surface area contributed by atoms with Gasteiger partial charge in [0.2, 0.25) is 0 Å². The summed E-state index contributed by atoms with van der Waals surface area (Å²) in [6.07, 6.45) is -1.63. The van der Waals surface area contributed by atoms with Gasteiger partial charge in [-0.3, -0.25) is 16.0 Å². The van der Waals surface area contributed by atoms with Gasteiger partial charge in [-0.15, -0.1) is 0 Å². The average molecular weight is 534 g/mol. The minimum Gasteiger partial charge on any atom is -0.448 e. The van der Waals surface area contributed by atoms with Crippen LogP contribution < -0.4 is 16.0 Å². The predicted octanol–water partition coefficient (Wildman–Crippen LogP) is 7.05. The quantitative estimate of drug-likeness (QED) is 0.241. The Balaban J connectivity index is 1.65. The maximum Gasteiger partial charge on any atom is 0.411 e. The van der Waals surface area contributed by atoms with Gasteiger partial charge in [0, 0.05) is 17.1 Å². The van der Waals surface area contributed by atoms with Gasteiger partial charge in [-0.1, -0.05) is 43.3 Å². The van der Waals surface area contributed by atoms with E-state index < -0.39 is 23.7 Å². The van der Waals surface area contributed by atoms with Gasteiger partial charge in [0.15, 0.2) is 0 Å². The molecule has 0 fully saturated rings. The third-order valence-electron chi connectivity index (χ3n) is 6.07. The summed E-state index contributed by atoms with van der Waals surface area (Å²) in [7, 11) is 0. The van der Waals surface area contributed by atoms with Crippen LogP contribution in [0.2, 0.25) is 0 Å². The van der Waals surface area contributed by atoms with Gasteiger partial charge in [0.25, 0.3) is 0 Å². The lowest BCUT2D eigenvalue weighted by Crippen LogP contribution is -2.40. The normalized spacial score (nSPS) is 10.8. The lowest BCUT2D eigenvalue weighted by Gasteiger charge is -2.31. The molecule has 9 heteroatoms. The Bertz CT molecular complexity index is 1140. The molecule has 9 nitrogen and oxygen atoms in total. The fourth-order valence-electron chi connectivity index (χ4n) is 3.72. The number of anilines is 3. The molecular formula is C30H35N3O6. The summed E-state index contributed by atoms with van der Waals surface area (Å²) in [6, 6.07) is 21.9. The van der Waals surface area contributed by atoms with E-state index >= 15 is 0 Å². The molecular weight excluding hydrogens is 498 g/mol. The molecule has 0 saturated carbocycles. The number of rotatable bonds is 10. The van der Waals surface area contributed by atoms with Gasteiger partial charge >= 0.3 is 18.3 Å². The number of ether oxygens (including phenoxy) is 3. The molecule has 39 heavy (non-hydrogen) atoms. The van der Waals surface area contributed by atoms with Crippen LogP contribution in [0.25, 0.3) is 0 Å². The summed E-state index contributed by atoms with van der Waals surface area (Å²) >= 11 is 0. The van der Waals surface area contributed by atoms with E-state index in [9.17, 15) is 14.4 Å². The van der Waals surface area contributed by atoms with Crippen molar-refractivity contribution in [3.63, 3.8) is 0 Å². The molecule has 0 heterocycles. The van der Waals surface area contributed by atoms with Crippen LogP contribution in [0.4, 0.5) is 31.4 Å². The largest absolute Gasteiger partial charge is 0.448 e. The maximum absolute atomic E-state index is 12.5. The standard InChI is InChI=1S/C30H35N3O6/c1-5-30(18-37-27(34)31-24-12-6-9-21(2)15-24,19-38-28(35)32-25-13-7-10-22(3)16-25)20-39-29(36)33-26-14-8-11-23(4)17-26/h6-17H,5,18-20H2,1-4H3,(H,31,34)(H,32,35)(H,33,36). The van der Waals surface area contributed by atoms with Crippen molar-refractivity contribution < 1.29 is 28.6 Å². The molecule has 3 rings (SSSR count). The lowest BCUT2D eigenvalue weighted by molar-refractivity contribution is -0.0104. The summed E-state index contributed by atoms with van der Waals surface area (Å²) in [5.41, 5.74) is 3.72. The minimum absolute atomic E-state index is 0.156. The monoisotopic (exact) mass is 533 g/mol. The summed E-state index contributed by atoms with van der Waals surface area (Å²) in [5, 5.41) is 8.05. The van der Waals surface area contributed by atoms with E-state index in [1.807, 2.05) is 82.3 Å². The maximum atomic E-state index is 12.5. The zero-order valence-corrected chi connectivity index (χ0v) is 22.7. The van der Waals surface area contributed by atoms with Gasteiger partial charge in [-0.05, 0) is 80.3 Å². The Hall–Kier alpha value is -4.53. The van der Waals surface area contributed by atoms with Gasteiger partial charge in [0.1, 0.15) is 19.8 Å². The number of benzene rings is 3. The molecule has 0 bridgehead atoms. The Kier molecular flexibility index (Phi) is 10.3. The van der Waals surface area contributed by atoms with Crippen LogP contribution in [0, 0.1) is 26.2 Å². The SMILES string of the molecule is CCC(COC(=O)Nc1cccc(C)c1)(COC(=O)Nc1cccc(C)c1)COC(=O)Nc1cccc(C)c1. The number of carbonyl (C=O) groups is 3. The summed E-state index contributed by atoms with van der Waals surface area (Å²) in [5.74, 6) is 0. The molecule has 0 unspecified atom stereocenters. The number of amides is 3. The van der Waals surface area contributed by atoms with Gasteiger partial charge < -0.3 is 14.2 Å². The Morgan fingerprint density at radius 3 is 1.15 bits per heavy atom. The van der Waals surface area contributed by atoms with Crippen molar-refractivity contribution in [2.75, 3.05) is 35.8 Å². The number of nitrogens with one attached hydrogen (secondary N) is 3. The Labute approximate surface area is 228 Å². The van der Waals surface area contributed by atoms with Crippen LogP contribution in [0.3, 0.4) is 0 Å². The smallest absolute Gasteiger partial charge is 0.411 e. The van der Waals surface area contributed by atoms with Crippen molar-refractivity contribution >= 4 is 35.3 Å². The van der Waals surface area contributed by atoms with Crippen molar-refractivity contribution in [1.82, 2.24) is 0 Å². The Morgan fingerprint density at radius 1 is 0.590 bits per heavy atom. The van der Waals surface area contributed by atoms with Gasteiger partial charge in [-0.25, -0.2) is 14.4 Å². The summed E-state index contributed by atoms with van der Waals surface area (Å²) < 4.78 is 16.5. The summed E-state index contributed by atoms with van der Waals surface area (Å²) in [6.45, 7) is 7.11. The van der Waals surface area contributed by atoms with Crippen molar-refractivity contribution in [2.24, 2.45) is 5.41 Å². The molecule has 3 aromatic rings. The molecule has 0 aliphatic rings. The van der Waals surface area contributed by atoms with E-state index in [4.69, 9.17) is 14.2 Å². The van der Waals surface area contributed by atoms with Crippen LogP contribution in [0.15, 0.2) is 72.8 Å². The fraction of sp³-hybridized carbons (Fsp3) is 0.300. The molecule has 0 aliphatic carbocycles. The van der Waals surface area contributed by atoms with Crippen LogP contribution >= 0.6 is 0 Å². The fourth-order valence-corrected chi connectivity index (χ4v) is 3.72. The summed E-state index contributed by atoms with van der Waals surface area (Å²) in [4.78, 5) is 37.6. The van der Waals surface area contributed by atoms with Gasteiger partial charge in [-0.2, -0.15) is 0 Å². The topological polar surface area (TPSA) is 115 Å². The van der Waals surface area contributed by atoms with Gasteiger partial charge in [0.05, 0.1) is 5.41 Å². The molecule has 3 aromatic carbocycles. The third kappa shape index (κ3) is 9.70. The molecule has 206 valence electrons. The number of hydrogen-bond acceptors (Lipinski definition) is 6. The highest BCUT2D eigenvalue weighted by molar-refractivity contribution is 5.86. The number of carbonyl (C=O) groups excluding carboxylic acids is 3. The lowest BCUT2D eigenvalue weighted by atomic mass is 9.88. The molecule has 0 spiro atoms. The number of aryl methyl sites for hydroxylation is 3. The van der Waals surface area contributed by atoms with Crippen molar-refractivity contribution in [1.29, 1.82) is 0 Å². The van der Waals surface area contributed by atoms with E-state index in [-0.39, 0.29) is 19.8 Å². The first kappa shape index (κ1) is 29.0. The first-order chi connectivity index (χ1) is 18.7. The second-order valence-electron chi connectivity index (χ2n) is 9.57. The molecule has 0 saturated heterocycles. The van der Waals surface area contributed by atoms with E-state index in [0.29, 0.717) is 23.5 Å². The van der Waals surface area contributed by atoms with Crippen LogP contribution in [0.5, 0.6) is 0 Å². The minimum atomic E-state index is -0.988. The second-order valence-corrected chi connectivity index (χ2v) is 9.57. The molecule has 0 radical (unpaired) electrons. The van der Waals surface area contributed by atoms with E-state index in [2.05, 4.69) is 16.0 Å². The zero-order chi connectivity index (χ0) is 28.3. The van der Waals surface area contributed by atoms with E-state index in [1.165, 1.54) is 0 Å². The first-order valence-corrected chi connectivity index (χ1v) is 12.7. The second kappa shape index (κ2) is 13.9. The molecule has 0 atom stereocenters. The van der Waals surface area contributed by atoms with Crippen LogP contribution in [-0.2, 0) is 14.2 Å². The third-order valence-corrected chi connectivity index (χ3v) is 6.07. The average Bonchev–Trinajstić information content (AvgIpc) is 2.89. The zero-order valence-electron chi connectivity index (χ0n) is 22.7.